The molecule has 0 aliphatic heterocycles. The zero-order valence-electron chi connectivity index (χ0n) is 14.8. The van der Waals surface area contributed by atoms with Crippen LogP contribution in [-0.2, 0) is 6.54 Å². The minimum Gasteiger partial charge on any atom is -0.497 e. The minimum absolute atomic E-state index is 0.674. The molecule has 0 amide bonds. The Balaban J connectivity index is 1.81. The molecule has 134 valence electrons. The van der Waals surface area contributed by atoms with Gasteiger partial charge in [0.2, 0.25) is 0 Å². The van der Waals surface area contributed by atoms with Crippen molar-refractivity contribution in [2.75, 3.05) is 7.11 Å². The standard InChI is InChI=1S/C22H18ClN3O/c1-27-20-13-9-18(10-14-20)22-25-24-21(17-7-11-19(23)12-8-17)26(22)15-16-5-3-2-4-6-16/h2-14H,15H2,1H3. The number of benzene rings is 3. The Hall–Kier alpha value is -3.11. The van der Waals surface area contributed by atoms with Crippen molar-refractivity contribution in [3.63, 3.8) is 0 Å². The quantitative estimate of drug-likeness (QED) is 0.473. The molecule has 27 heavy (non-hydrogen) atoms. The van der Waals surface area contributed by atoms with Crippen molar-refractivity contribution >= 4 is 11.6 Å². The van der Waals surface area contributed by atoms with Crippen LogP contribution in [0.5, 0.6) is 5.75 Å². The maximum Gasteiger partial charge on any atom is 0.164 e. The Labute approximate surface area is 163 Å². The van der Waals surface area contributed by atoms with Crippen molar-refractivity contribution in [2.45, 2.75) is 6.54 Å². The fourth-order valence-corrected chi connectivity index (χ4v) is 3.11. The topological polar surface area (TPSA) is 39.9 Å². The van der Waals surface area contributed by atoms with E-state index in [1.807, 2.05) is 66.7 Å². The highest BCUT2D eigenvalue weighted by atomic mass is 35.5. The molecule has 3 aromatic carbocycles. The first-order valence-corrected chi connectivity index (χ1v) is 9.00. The van der Waals surface area contributed by atoms with Crippen LogP contribution in [0.4, 0.5) is 0 Å². The second kappa shape index (κ2) is 7.64. The highest BCUT2D eigenvalue weighted by Gasteiger charge is 2.16. The van der Waals surface area contributed by atoms with Gasteiger partial charge in [-0.05, 0) is 54.1 Å². The summed E-state index contributed by atoms with van der Waals surface area (Å²) in [5, 5.41) is 9.64. The zero-order valence-corrected chi connectivity index (χ0v) is 15.6. The number of hydrogen-bond donors (Lipinski definition) is 0. The number of methoxy groups -OCH3 is 1. The van der Waals surface area contributed by atoms with E-state index in [0.717, 1.165) is 28.5 Å². The van der Waals surface area contributed by atoms with E-state index in [1.165, 1.54) is 5.56 Å². The number of aromatic nitrogens is 3. The highest BCUT2D eigenvalue weighted by Crippen LogP contribution is 2.27. The molecule has 0 saturated carbocycles. The van der Waals surface area contributed by atoms with Crippen molar-refractivity contribution < 1.29 is 4.74 Å². The molecule has 0 unspecified atom stereocenters. The smallest absolute Gasteiger partial charge is 0.164 e. The fraction of sp³-hybridized carbons (Fsp3) is 0.0909. The average Bonchev–Trinajstić information content (AvgIpc) is 3.13. The monoisotopic (exact) mass is 375 g/mol. The van der Waals surface area contributed by atoms with Crippen LogP contribution in [0.15, 0.2) is 78.9 Å². The molecule has 5 heteroatoms. The largest absolute Gasteiger partial charge is 0.497 e. The fourth-order valence-electron chi connectivity index (χ4n) is 2.98. The van der Waals surface area contributed by atoms with Gasteiger partial charge in [0, 0.05) is 16.1 Å². The highest BCUT2D eigenvalue weighted by molar-refractivity contribution is 6.30. The van der Waals surface area contributed by atoms with E-state index >= 15 is 0 Å². The number of rotatable bonds is 5. The summed E-state index contributed by atoms with van der Waals surface area (Å²) >= 11 is 6.04. The maximum absolute atomic E-state index is 6.04. The van der Waals surface area contributed by atoms with Gasteiger partial charge in [0.05, 0.1) is 13.7 Å². The van der Waals surface area contributed by atoms with Gasteiger partial charge in [-0.2, -0.15) is 0 Å². The Morgan fingerprint density at radius 2 is 1.33 bits per heavy atom. The van der Waals surface area contributed by atoms with Crippen LogP contribution in [0.25, 0.3) is 22.8 Å². The molecule has 0 saturated heterocycles. The van der Waals surface area contributed by atoms with Gasteiger partial charge in [0.25, 0.3) is 0 Å². The lowest BCUT2D eigenvalue weighted by Gasteiger charge is -2.11. The van der Waals surface area contributed by atoms with E-state index in [0.29, 0.717) is 11.6 Å². The molecule has 0 aliphatic carbocycles. The average molecular weight is 376 g/mol. The lowest BCUT2D eigenvalue weighted by atomic mass is 10.1. The second-order valence-electron chi connectivity index (χ2n) is 6.15. The summed E-state index contributed by atoms with van der Waals surface area (Å²) in [4.78, 5) is 0. The van der Waals surface area contributed by atoms with Crippen LogP contribution in [0.3, 0.4) is 0 Å². The SMILES string of the molecule is COc1ccc(-c2nnc(-c3ccc(Cl)cc3)n2Cc2ccccc2)cc1. The van der Waals surface area contributed by atoms with E-state index in [-0.39, 0.29) is 0 Å². The maximum atomic E-state index is 6.04. The third kappa shape index (κ3) is 3.71. The van der Waals surface area contributed by atoms with Crippen LogP contribution < -0.4 is 4.74 Å². The predicted molar refractivity (Wildman–Crippen MR) is 108 cm³/mol. The molecule has 4 rings (SSSR count). The molecule has 0 atom stereocenters. The third-order valence-corrected chi connectivity index (χ3v) is 4.64. The molecule has 0 spiro atoms. The normalized spacial score (nSPS) is 10.7. The molecule has 4 nitrogen and oxygen atoms in total. The number of halogens is 1. The van der Waals surface area contributed by atoms with Gasteiger partial charge in [-0.1, -0.05) is 41.9 Å². The summed E-state index contributed by atoms with van der Waals surface area (Å²) in [6.07, 6.45) is 0. The van der Waals surface area contributed by atoms with E-state index in [2.05, 4.69) is 26.9 Å². The summed E-state index contributed by atoms with van der Waals surface area (Å²) < 4.78 is 7.39. The van der Waals surface area contributed by atoms with Gasteiger partial charge in [0.15, 0.2) is 11.6 Å². The number of ether oxygens (including phenoxy) is 1. The van der Waals surface area contributed by atoms with Gasteiger partial charge in [0.1, 0.15) is 5.75 Å². The van der Waals surface area contributed by atoms with Crippen LogP contribution in [0.2, 0.25) is 5.02 Å². The molecule has 0 bridgehead atoms. The first kappa shape index (κ1) is 17.3. The lowest BCUT2D eigenvalue weighted by molar-refractivity contribution is 0.415. The molecule has 4 aromatic rings. The van der Waals surface area contributed by atoms with Gasteiger partial charge >= 0.3 is 0 Å². The van der Waals surface area contributed by atoms with Gasteiger partial charge in [-0.3, -0.25) is 0 Å². The van der Waals surface area contributed by atoms with Crippen LogP contribution in [0, 0.1) is 0 Å². The van der Waals surface area contributed by atoms with E-state index in [9.17, 15) is 0 Å². The molecule has 1 aromatic heterocycles. The Bertz CT molecular complexity index is 1030. The van der Waals surface area contributed by atoms with Crippen LogP contribution in [-0.4, -0.2) is 21.9 Å². The summed E-state index contributed by atoms with van der Waals surface area (Å²) in [5.74, 6) is 2.43. The molecule has 0 fully saturated rings. The van der Waals surface area contributed by atoms with E-state index < -0.39 is 0 Å². The van der Waals surface area contributed by atoms with Gasteiger partial charge < -0.3 is 9.30 Å². The van der Waals surface area contributed by atoms with E-state index in [1.54, 1.807) is 7.11 Å². The first-order chi connectivity index (χ1) is 13.2. The number of nitrogens with zero attached hydrogens (tertiary/aromatic N) is 3. The first-order valence-electron chi connectivity index (χ1n) is 8.62. The summed E-state index contributed by atoms with van der Waals surface area (Å²) in [6.45, 7) is 0.674. The molecule has 1 heterocycles. The lowest BCUT2D eigenvalue weighted by Crippen LogP contribution is -2.04. The predicted octanol–water partition coefficient (Wildman–Crippen LogP) is 5.32. The Morgan fingerprint density at radius 1 is 0.778 bits per heavy atom. The third-order valence-electron chi connectivity index (χ3n) is 4.38. The van der Waals surface area contributed by atoms with Crippen molar-refractivity contribution in [2.24, 2.45) is 0 Å². The van der Waals surface area contributed by atoms with Crippen molar-refractivity contribution in [3.8, 4) is 28.5 Å². The number of hydrogen-bond acceptors (Lipinski definition) is 3. The van der Waals surface area contributed by atoms with Crippen molar-refractivity contribution in [3.05, 3.63) is 89.4 Å². The Kier molecular flexibility index (Phi) is 4.90. The minimum atomic E-state index is 0.674. The van der Waals surface area contributed by atoms with Gasteiger partial charge in [-0.15, -0.1) is 10.2 Å². The molecule has 0 N–H and O–H groups in total. The molecule has 0 radical (unpaired) electrons. The van der Waals surface area contributed by atoms with Crippen molar-refractivity contribution in [1.82, 2.24) is 14.8 Å². The van der Waals surface area contributed by atoms with Crippen molar-refractivity contribution in [1.29, 1.82) is 0 Å². The van der Waals surface area contributed by atoms with Crippen LogP contribution in [0.1, 0.15) is 5.56 Å². The summed E-state index contributed by atoms with van der Waals surface area (Å²) in [6, 6.07) is 25.8. The second-order valence-corrected chi connectivity index (χ2v) is 6.59. The zero-order chi connectivity index (χ0) is 18.6. The summed E-state index contributed by atoms with van der Waals surface area (Å²) in [7, 11) is 1.66. The Morgan fingerprint density at radius 3 is 1.89 bits per heavy atom. The molecule has 0 aliphatic rings. The summed E-state index contributed by atoms with van der Waals surface area (Å²) in [5.41, 5.74) is 3.14. The molecular formula is C22H18ClN3O. The van der Waals surface area contributed by atoms with E-state index in [4.69, 9.17) is 16.3 Å². The van der Waals surface area contributed by atoms with Crippen LogP contribution >= 0.6 is 11.6 Å². The van der Waals surface area contributed by atoms with Gasteiger partial charge in [-0.25, -0.2) is 0 Å². The molecular weight excluding hydrogens is 358 g/mol.